The zero-order valence-corrected chi connectivity index (χ0v) is 14.5. The lowest BCUT2D eigenvalue weighted by atomic mass is 9.64. The molecule has 1 aliphatic heterocycles. The molecule has 1 saturated heterocycles. The van der Waals surface area contributed by atoms with E-state index < -0.39 is 0 Å². The fraction of sp³-hybridized carbons (Fsp3) is 0.667. The summed E-state index contributed by atoms with van der Waals surface area (Å²) in [4.78, 5) is 20.0. The van der Waals surface area contributed by atoms with E-state index in [-0.39, 0.29) is 22.8 Å². The van der Waals surface area contributed by atoms with Crippen molar-refractivity contribution in [2.45, 2.75) is 51.5 Å². The van der Waals surface area contributed by atoms with Gasteiger partial charge in [-0.1, -0.05) is 43.7 Å². The molecular formula is C15H19ClN4OS. The van der Waals surface area contributed by atoms with Gasteiger partial charge in [0.15, 0.2) is 11.3 Å². The summed E-state index contributed by atoms with van der Waals surface area (Å²) in [5.41, 5.74) is -0.375. The highest BCUT2D eigenvalue weighted by Gasteiger charge is 2.56. The summed E-state index contributed by atoms with van der Waals surface area (Å²) < 4.78 is 0. The van der Waals surface area contributed by atoms with Crippen molar-refractivity contribution in [3.8, 4) is 6.19 Å². The molecule has 0 atom stereocenters. The standard InChI is InChI=1S/C15H19ClN4OS/c1-14(2,3)10-11(16)19-13(22-10)20-5-4-15(12(20)21)6-9(7-15)18-8-17/h9,18H,4-7H2,1-3H3. The Bertz CT molecular complexity index is 651. The minimum absolute atomic E-state index is 0.0776. The summed E-state index contributed by atoms with van der Waals surface area (Å²) in [5.74, 6) is 0.134. The molecule has 2 fully saturated rings. The summed E-state index contributed by atoms with van der Waals surface area (Å²) in [6.45, 7) is 6.96. The Morgan fingerprint density at radius 1 is 1.50 bits per heavy atom. The lowest BCUT2D eigenvalue weighted by molar-refractivity contribution is -0.130. The number of nitriles is 1. The average molecular weight is 339 g/mol. The summed E-state index contributed by atoms with van der Waals surface area (Å²) in [5, 5.41) is 12.6. The van der Waals surface area contributed by atoms with E-state index in [1.54, 1.807) is 4.90 Å². The second-order valence-electron chi connectivity index (χ2n) is 7.21. The van der Waals surface area contributed by atoms with Gasteiger partial charge < -0.3 is 5.32 Å². The summed E-state index contributed by atoms with van der Waals surface area (Å²) in [6.07, 6.45) is 4.26. The SMILES string of the molecule is CC(C)(C)c1sc(N2CCC3(CC(NC#N)C3)C2=O)nc1Cl. The van der Waals surface area contributed by atoms with Gasteiger partial charge in [-0.05, 0) is 24.7 Å². The molecule has 1 saturated carbocycles. The third-order valence-corrected chi connectivity index (χ3v) is 6.43. The second-order valence-corrected chi connectivity index (χ2v) is 8.55. The number of carbonyl (C=O) groups excluding carboxylic acids is 1. The lowest BCUT2D eigenvalue weighted by Gasteiger charge is -2.42. The molecule has 0 bridgehead atoms. The van der Waals surface area contributed by atoms with Crippen LogP contribution in [0.3, 0.4) is 0 Å². The molecule has 1 amide bonds. The first-order valence-electron chi connectivity index (χ1n) is 7.40. The van der Waals surface area contributed by atoms with Crippen molar-refractivity contribution in [2.24, 2.45) is 5.41 Å². The van der Waals surface area contributed by atoms with E-state index in [4.69, 9.17) is 16.9 Å². The number of rotatable bonds is 2. The van der Waals surface area contributed by atoms with E-state index in [9.17, 15) is 4.79 Å². The third kappa shape index (κ3) is 2.37. The molecule has 0 aromatic carbocycles. The number of amides is 1. The maximum absolute atomic E-state index is 12.8. The quantitative estimate of drug-likeness (QED) is 0.664. The molecule has 2 aliphatic rings. The number of aromatic nitrogens is 1. The second kappa shape index (κ2) is 5.10. The number of nitrogens with one attached hydrogen (secondary N) is 1. The largest absolute Gasteiger partial charge is 0.321 e. The number of thiazole rings is 1. The number of halogens is 1. The fourth-order valence-electron chi connectivity index (χ4n) is 3.33. The summed E-state index contributed by atoms with van der Waals surface area (Å²) in [6, 6.07) is 0.138. The topological polar surface area (TPSA) is 69.0 Å². The first kappa shape index (κ1) is 15.6. The van der Waals surface area contributed by atoms with Gasteiger partial charge in [0, 0.05) is 12.6 Å². The van der Waals surface area contributed by atoms with Crippen molar-refractivity contribution >= 4 is 34.0 Å². The summed E-state index contributed by atoms with van der Waals surface area (Å²) in [7, 11) is 0. The Balaban J connectivity index is 1.78. The molecule has 1 spiro atoms. The van der Waals surface area contributed by atoms with Crippen LogP contribution in [0.25, 0.3) is 0 Å². The van der Waals surface area contributed by atoms with Crippen molar-refractivity contribution < 1.29 is 4.79 Å². The number of anilines is 1. The van der Waals surface area contributed by atoms with E-state index in [1.165, 1.54) is 11.3 Å². The van der Waals surface area contributed by atoms with Crippen LogP contribution in [0.2, 0.25) is 5.15 Å². The third-order valence-electron chi connectivity index (χ3n) is 4.54. The number of hydrogen-bond donors (Lipinski definition) is 1. The normalized spacial score (nSPS) is 27.9. The molecule has 1 aliphatic carbocycles. The van der Waals surface area contributed by atoms with Crippen molar-refractivity contribution in [1.29, 1.82) is 5.26 Å². The zero-order chi connectivity index (χ0) is 16.1. The Morgan fingerprint density at radius 2 is 2.18 bits per heavy atom. The van der Waals surface area contributed by atoms with Crippen molar-refractivity contribution in [3.05, 3.63) is 10.0 Å². The van der Waals surface area contributed by atoms with Gasteiger partial charge in [0.25, 0.3) is 0 Å². The Labute approximate surface area is 139 Å². The van der Waals surface area contributed by atoms with Gasteiger partial charge in [-0.2, -0.15) is 5.26 Å². The van der Waals surface area contributed by atoms with Gasteiger partial charge in [0.2, 0.25) is 5.91 Å². The van der Waals surface area contributed by atoms with E-state index >= 15 is 0 Å². The highest BCUT2D eigenvalue weighted by molar-refractivity contribution is 7.16. The predicted octanol–water partition coefficient (Wildman–Crippen LogP) is 3.05. The van der Waals surface area contributed by atoms with Crippen LogP contribution in [0.5, 0.6) is 0 Å². The molecule has 3 rings (SSSR count). The van der Waals surface area contributed by atoms with Gasteiger partial charge in [-0.3, -0.25) is 9.69 Å². The van der Waals surface area contributed by atoms with Gasteiger partial charge in [-0.25, -0.2) is 4.98 Å². The van der Waals surface area contributed by atoms with E-state index in [0.29, 0.717) is 16.8 Å². The van der Waals surface area contributed by atoms with Crippen LogP contribution in [0.15, 0.2) is 0 Å². The van der Waals surface area contributed by atoms with E-state index in [2.05, 4.69) is 31.1 Å². The van der Waals surface area contributed by atoms with E-state index in [0.717, 1.165) is 24.1 Å². The van der Waals surface area contributed by atoms with Gasteiger partial charge in [0.1, 0.15) is 5.15 Å². The molecule has 1 N–H and O–H groups in total. The number of hydrogen-bond acceptors (Lipinski definition) is 5. The smallest absolute Gasteiger partial charge is 0.235 e. The van der Waals surface area contributed by atoms with Crippen LogP contribution in [0.1, 0.15) is 44.9 Å². The van der Waals surface area contributed by atoms with Crippen LogP contribution < -0.4 is 10.2 Å². The van der Waals surface area contributed by atoms with Crippen molar-refractivity contribution in [3.63, 3.8) is 0 Å². The fourth-order valence-corrected chi connectivity index (χ4v) is 4.90. The minimum atomic E-state index is -0.297. The highest BCUT2D eigenvalue weighted by atomic mass is 35.5. The lowest BCUT2D eigenvalue weighted by Crippen LogP contribution is -2.51. The Morgan fingerprint density at radius 3 is 2.73 bits per heavy atom. The average Bonchev–Trinajstić information content (AvgIpc) is 2.90. The van der Waals surface area contributed by atoms with Crippen LogP contribution in [-0.4, -0.2) is 23.5 Å². The molecular weight excluding hydrogens is 320 g/mol. The number of carbonyl (C=O) groups is 1. The molecule has 1 aromatic heterocycles. The molecule has 118 valence electrons. The number of nitrogens with zero attached hydrogens (tertiary/aromatic N) is 3. The Hall–Kier alpha value is -1.32. The summed E-state index contributed by atoms with van der Waals surface area (Å²) >= 11 is 7.76. The first-order chi connectivity index (χ1) is 10.3. The van der Waals surface area contributed by atoms with Crippen molar-refractivity contribution in [1.82, 2.24) is 10.3 Å². The van der Waals surface area contributed by atoms with Crippen LogP contribution in [-0.2, 0) is 10.2 Å². The molecule has 22 heavy (non-hydrogen) atoms. The molecule has 0 radical (unpaired) electrons. The zero-order valence-electron chi connectivity index (χ0n) is 12.9. The van der Waals surface area contributed by atoms with Crippen molar-refractivity contribution in [2.75, 3.05) is 11.4 Å². The molecule has 5 nitrogen and oxygen atoms in total. The monoisotopic (exact) mass is 338 g/mol. The van der Waals surface area contributed by atoms with E-state index in [1.807, 2.05) is 6.19 Å². The first-order valence-corrected chi connectivity index (χ1v) is 8.60. The maximum atomic E-state index is 12.8. The molecule has 2 heterocycles. The van der Waals surface area contributed by atoms with Crippen LogP contribution in [0, 0.1) is 16.9 Å². The van der Waals surface area contributed by atoms with Gasteiger partial charge in [-0.15, -0.1) is 0 Å². The highest BCUT2D eigenvalue weighted by Crippen LogP contribution is 2.51. The predicted molar refractivity (Wildman–Crippen MR) is 87.0 cm³/mol. The minimum Gasteiger partial charge on any atom is -0.321 e. The molecule has 0 unspecified atom stereocenters. The molecule has 7 heteroatoms. The Kier molecular flexibility index (Phi) is 3.61. The van der Waals surface area contributed by atoms with Crippen LogP contribution in [0.4, 0.5) is 5.13 Å². The van der Waals surface area contributed by atoms with Crippen LogP contribution >= 0.6 is 22.9 Å². The van der Waals surface area contributed by atoms with Gasteiger partial charge >= 0.3 is 0 Å². The maximum Gasteiger partial charge on any atom is 0.235 e. The van der Waals surface area contributed by atoms with Gasteiger partial charge in [0.05, 0.1) is 10.3 Å². The molecule has 1 aromatic rings.